The van der Waals surface area contributed by atoms with Crippen molar-refractivity contribution in [2.75, 3.05) is 32.7 Å². The summed E-state index contributed by atoms with van der Waals surface area (Å²) >= 11 is 0. The maximum atomic E-state index is 12.9. The first-order valence-electron chi connectivity index (χ1n) is 10.4. The molecule has 0 spiro atoms. The van der Waals surface area contributed by atoms with Gasteiger partial charge in [-0.3, -0.25) is 19.4 Å². The van der Waals surface area contributed by atoms with Gasteiger partial charge in [-0.15, -0.1) is 0 Å². The van der Waals surface area contributed by atoms with Gasteiger partial charge in [-0.1, -0.05) is 54.6 Å². The van der Waals surface area contributed by atoms with E-state index in [4.69, 9.17) is 0 Å². The van der Waals surface area contributed by atoms with Crippen LogP contribution in [0.25, 0.3) is 6.08 Å². The van der Waals surface area contributed by atoms with Gasteiger partial charge in [0, 0.05) is 38.3 Å². The Morgan fingerprint density at radius 1 is 1.06 bits per heavy atom. The number of amidine groups is 1. The molecule has 0 aliphatic carbocycles. The van der Waals surface area contributed by atoms with Gasteiger partial charge in [0.2, 0.25) is 5.91 Å². The largest absolute Gasteiger partial charge is 0.338 e. The molecule has 2 aromatic rings. The van der Waals surface area contributed by atoms with Crippen LogP contribution in [0.1, 0.15) is 18.1 Å². The molecule has 31 heavy (non-hydrogen) atoms. The summed E-state index contributed by atoms with van der Waals surface area (Å²) in [7, 11) is -3.61. The molecule has 4 rings (SSSR count). The standard InChI is InChI=1S/C23H26N4O3S/c1-18(24-22-20-11-5-6-12-21(20)31(29,30)25-22)23(28)27-16-14-26(15-17-27)13-7-10-19-8-3-2-4-9-19/h2-12,18H,13-17H2,1H3,(H,24,25)/b10-7+/t18-/m0/s1. The van der Waals surface area contributed by atoms with E-state index >= 15 is 0 Å². The van der Waals surface area contributed by atoms with E-state index in [-0.39, 0.29) is 16.6 Å². The lowest BCUT2D eigenvalue weighted by atomic mass is 10.2. The molecule has 1 amide bonds. The Morgan fingerprint density at radius 2 is 1.74 bits per heavy atom. The molecule has 162 valence electrons. The molecule has 0 bridgehead atoms. The monoisotopic (exact) mass is 438 g/mol. The van der Waals surface area contributed by atoms with Gasteiger partial charge in [0.1, 0.15) is 11.9 Å². The maximum Gasteiger partial charge on any atom is 0.263 e. The van der Waals surface area contributed by atoms with Gasteiger partial charge >= 0.3 is 0 Å². The van der Waals surface area contributed by atoms with Crippen LogP contribution >= 0.6 is 0 Å². The van der Waals surface area contributed by atoms with Gasteiger partial charge in [-0.05, 0) is 24.6 Å². The molecule has 2 aliphatic rings. The summed E-state index contributed by atoms with van der Waals surface area (Å²) in [4.78, 5) is 21.6. The number of rotatable bonds is 5. The van der Waals surface area contributed by atoms with Crippen LogP contribution in [0.2, 0.25) is 0 Å². The summed E-state index contributed by atoms with van der Waals surface area (Å²) in [5.41, 5.74) is 1.69. The summed E-state index contributed by atoms with van der Waals surface area (Å²) in [5.74, 6) is 0.150. The fourth-order valence-corrected chi connectivity index (χ4v) is 5.03. The number of hydrogen-bond donors (Lipinski definition) is 1. The lowest BCUT2D eigenvalue weighted by molar-refractivity contribution is -0.133. The quantitative estimate of drug-likeness (QED) is 0.774. The lowest BCUT2D eigenvalue weighted by Gasteiger charge is -2.35. The summed E-state index contributed by atoms with van der Waals surface area (Å²) in [6.45, 7) is 5.41. The number of carbonyl (C=O) groups excluding carboxylic acids is 1. The minimum atomic E-state index is -3.61. The zero-order valence-corrected chi connectivity index (χ0v) is 18.3. The molecule has 2 heterocycles. The predicted octanol–water partition coefficient (Wildman–Crippen LogP) is 1.97. The van der Waals surface area contributed by atoms with Crippen LogP contribution in [0.4, 0.5) is 0 Å². The molecule has 1 saturated heterocycles. The lowest BCUT2D eigenvalue weighted by Crippen LogP contribution is -2.50. The topological polar surface area (TPSA) is 82.1 Å². The van der Waals surface area contributed by atoms with E-state index < -0.39 is 16.1 Å². The average molecular weight is 439 g/mol. The van der Waals surface area contributed by atoms with Crippen LogP contribution < -0.4 is 4.72 Å². The van der Waals surface area contributed by atoms with E-state index in [1.165, 1.54) is 11.6 Å². The molecule has 1 N–H and O–H groups in total. The zero-order valence-electron chi connectivity index (χ0n) is 17.4. The number of aliphatic imine (C=N–C) groups is 1. The molecule has 7 nitrogen and oxygen atoms in total. The predicted molar refractivity (Wildman–Crippen MR) is 121 cm³/mol. The molecule has 2 aromatic carbocycles. The van der Waals surface area contributed by atoms with E-state index in [9.17, 15) is 13.2 Å². The Balaban J connectivity index is 1.33. The molecule has 0 radical (unpaired) electrons. The normalized spacial score (nSPS) is 20.5. The molecule has 2 aliphatic heterocycles. The summed E-state index contributed by atoms with van der Waals surface area (Å²) < 4.78 is 26.9. The number of nitrogens with zero attached hydrogens (tertiary/aromatic N) is 3. The van der Waals surface area contributed by atoms with Crippen LogP contribution in [0.15, 0.2) is 70.6 Å². The third-order valence-electron chi connectivity index (χ3n) is 5.50. The van der Waals surface area contributed by atoms with Gasteiger partial charge in [-0.25, -0.2) is 8.42 Å². The molecule has 0 saturated carbocycles. The number of fused-ring (bicyclic) bond motifs is 1. The summed E-state index contributed by atoms with van der Waals surface area (Å²) in [6.07, 6.45) is 4.25. The number of hydrogen-bond acceptors (Lipinski definition) is 5. The molecule has 1 fully saturated rings. The van der Waals surface area contributed by atoms with E-state index in [0.29, 0.717) is 18.7 Å². The van der Waals surface area contributed by atoms with Gasteiger partial charge in [-0.2, -0.15) is 0 Å². The van der Waals surface area contributed by atoms with E-state index in [2.05, 4.69) is 38.9 Å². The fraction of sp³-hybridized carbons (Fsp3) is 0.304. The Labute approximate surface area is 183 Å². The summed E-state index contributed by atoms with van der Waals surface area (Å²) in [5, 5.41) is 0. The first kappa shape index (κ1) is 21.3. The number of carbonyl (C=O) groups is 1. The third-order valence-corrected chi connectivity index (χ3v) is 6.90. The van der Waals surface area contributed by atoms with Crippen molar-refractivity contribution < 1.29 is 13.2 Å². The van der Waals surface area contributed by atoms with Crippen molar-refractivity contribution in [1.82, 2.24) is 14.5 Å². The first-order chi connectivity index (χ1) is 14.9. The van der Waals surface area contributed by atoms with Crippen molar-refractivity contribution in [3.05, 3.63) is 71.8 Å². The van der Waals surface area contributed by atoms with Gasteiger partial charge in [0.25, 0.3) is 10.0 Å². The van der Waals surface area contributed by atoms with E-state index in [1.807, 2.05) is 23.1 Å². The highest BCUT2D eigenvalue weighted by molar-refractivity contribution is 7.90. The molecular formula is C23H26N4O3S. The number of sulfonamides is 1. The first-order valence-corrected chi connectivity index (χ1v) is 11.8. The van der Waals surface area contributed by atoms with Gasteiger partial charge in [0.05, 0.1) is 4.90 Å². The van der Waals surface area contributed by atoms with Crippen LogP contribution in [-0.4, -0.2) is 68.7 Å². The minimum absolute atomic E-state index is 0.0874. The second-order valence-corrected chi connectivity index (χ2v) is 9.35. The van der Waals surface area contributed by atoms with E-state index in [1.54, 1.807) is 25.1 Å². The molecule has 0 unspecified atom stereocenters. The number of piperazine rings is 1. The highest BCUT2D eigenvalue weighted by Gasteiger charge is 2.32. The Kier molecular flexibility index (Phi) is 6.20. The Hall–Kier alpha value is -2.97. The molecule has 0 aromatic heterocycles. The van der Waals surface area contributed by atoms with Crippen molar-refractivity contribution in [2.24, 2.45) is 4.99 Å². The fourth-order valence-electron chi connectivity index (χ4n) is 3.80. The van der Waals surface area contributed by atoms with Crippen molar-refractivity contribution in [3.8, 4) is 0 Å². The van der Waals surface area contributed by atoms with Crippen molar-refractivity contribution >= 4 is 27.8 Å². The Bertz CT molecular complexity index is 1100. The number of amides is 1. The maximum absolute atomic E-state index is 12.9. The highest BCUT2D eigenvalue weighted by Crippen LogP contribution is 2.22. The second kappa shape index (κ2) is 9.03. The second-order valence-electron chi connectivity index (χ2n) is 7.69. The molecule has 8 heteroatoms. The van der Waals surface area contributed by atoms with Crippen molar-refractivity contribution in [2.45, 2.75) is 17.9 Å². The smallest absolute Gasteiger partial charge is 0.263 e. The van der Waals surface area contributed by atoms with Crippen LogP contribution in [0.3, 0.4) is 0 Å². The minimum Gasteiger partial charge on any atom is -0.338 e. The third kappa shape index (κ3) is 4.86. The summed E-state index contributed by atoms with van der Waals surface area (Å²) in [6, 6.07) is 16.2. The number of nitrogens with one attached hydrogen (secondary N) is 1. The average Bonchev–Trinajstić information content (AvgIpc) is 3.04. The van der Waals surface area contributed by atoms with Gasteiger partial charge in [0.15, 0.2) is 0 Å². The SMILES string of the molecule is C[C@H](N=C1NS(=O)(=O)c2ccccc21)C(=O)N1CCN(C/C=C/c2ccccc2)CC1. The molecule has 1 atom stereocenters. The van der Waals surface area contributed by atoms with Crippen molar-refractivity contribution in [1.29, 1.82) is 0 Å². The highest BCUT2D eigenvalue weighted by atomic mass is 32.2. The zero-order chi connectivity index (χ0) is 21.8. The van der Waals surface area contributed by atoms with Crippen LogP contribution in [0.5, 0.6) is 0 Å². The molecular weight excluding hydrogens is 412 g/mol. The van der Waals surface area contributed by atoms with Crippen LogP contribution in [0, 0.1) is 0 Å². The number of benzene rings is 2. The Morgan fingerprint density at radius 3 is 2.48 bits per heavy atom. The van der Waals surface area contributed by atoms with E-state index in [0.717, 1.165) is 19.6 Å². The van der Waals surface area contributed by atoms with Crippen LogP contribution in [-0.2, 0) is 14.8 Å². The van der Waals surface area contributed by atoms with Gasteiger partial charge < -0.3 is 4.90 Å². The van der Waals surface area contributed by atoms with Crippen molar-refractivity contribution in [3.63, 3.8) is 0 Å².